The zero-order valence-electron chi connectivity index (χ0n) is 15.0. The minimum atomic E-state index is -1.15. The van der Waals surface area contributed by atoms with Crippen LogP contribution in [0.4, 0.5) is 0 Å². The van der Waals surface area contributed by atoms with E-state index in [9.17, 15) is 9.90 Å². The van der Waals surface area contributed by atoms with Crippen LogP contribution in [0.1, 0.15) is 21.1 Å². The summed E-state index contributed by atoms with van der Waals surface area (Å²) in [5.74, 6) is -1.39. The molecule has 0 fully saturated rings. The van der Waals surface area contributed by atoms with Gasteiger partial charge in [-0.2, -0.15) is 5.10 Å². The highest BCUT2D eigenvalue weighted by Gasteiger charge is 2.13. The van der Waals surface area contributed by atoms with E-state index in [0.717, 1.165) is 32.3 Å². The smallest absolute Gasteiger partial charge is 0.339 e. The van der Waals surface area contributed by atoms with Crippen LogP contribution < -0.4 is 0 Å². The highest BCUT2D eigenvalue weighted by atomic mass is 32.1. The van der Waals surface area contributed by atoms with Crippen molar-refractivity contribution in [3.8, 4) is 27.3 Å². The number of aromatic hydroxyl groups is 1. The van der Waals surface area contributed by atoms with Crippen molar-refractivity contribution in [2.45, 2.75) is 13.5 Å². The SMILES string of the molecule is Cc1nc(Cn2cccn2)sc1-c1cccc(-c2ccc(C(=O)O)c(O)c2)c1. The number of nitrogens with zero attached hydrogens (tertiary/aromatic N) is 3. The second-order valence-electron chi connectivity index (χ2n) is 6.34. The summed E-state index contributed by atoms with van der Waals surface area (Å²) in [5, 5.41) is 24.3. The molecule has 7 heteroatoms. The van der Waals surface area contributed by atoms with Gasteiger partial charge in [-0.25, -0.2) is 9.78 Å². The Morgan fingerprint density at radius 3 is 2.61 bits per heavy atom. The molecule has 0 unspecified atom stereocenters. The standard InChI is InChI=1S/C21H17N3O3S/c1-13-20(28-19(23-13)12-24-9-3-8-22-24)16-5-2-4-14(10-16)15-6-7-17(21(26)27)18(25)11-15/h2-11,25H,12H2,1H3,(H,26,27). The van der Waals surface area contributed by atoms with E-state index in [4.69, 9.17) is 5.11 Å². The predicted molar refractivity (Wildman–Crippen MR) is 108 cm³/mol. The van der Waals surface area contributed by atoms with Crippen molar-refractivity contribution < 1.29 is 15.0 Å². The molecule has 6 nitrogen and oxygen atoms in total. The number of aromatic carboxylic acids is 1. The largest absolute Gasteiger partial charge is 0.507 e. The number of carboxylic acid groups (broad SMARTS) is 1. The summed E-state index contributed by atoms with van der Waals surface area (Å²) in [7, 11) is 0. The third kappa shape index (κ3) is 3.52. The molecule has 2 heterocycles. The van der Waals surface area contributed by atoms with Crippen molar-refractivity contribution >= 4 is 17.3 Å². The van der Waals surface area contributed by atoms with Crippen LogP contribution >= 0.6 is 11.3 Å². The molecule has 0 saturated carbocycles. The molecule has 0 atom stereocenters. The van der Waals surface area contributed by atoms with E-state index >= 15 is 0 Å². The van der Waals surface area contributed by atoms with E-state index in [-0.39, 0.29) is 11.3 Å². The molecule has 0 aliphatic rings. The number of aryl methyl sites for hydroxylation is 1. The van der Waals surface area contributed by atoms with Gasteiger partial charge in [-0.1, -0.05) is 24.3 Å². The third-order valence-corrected chi connectivity index (χ3v) is 5.57. The third-order valence-electron chi connectivity index (χ3n) is 4.38. The Morgan fingerprint density at radius 1 is 1.11 bits per heavy atom. The van der Waals surface area contributed by atoms with Crippen LogP contribution in [0.2, 0.25) is 0 Å². The number of benzene rings is 2. The van der Waals surface area contributed by atoms with E-state index < -0.39 is 5.97 Å². The van der Waals surface area contributed by atoms with Gasteiger partial charge in [0.25, 0.3) is 0 Å². The molecule has 4 rings (SSSR count). The lowest BCUT2D eigenvalue weighted by Gasteiger charge is -2.07. The molecule has 28 heavy (non-hydrogen) atoms. The molecule has 0 amide bonds. The highest BCUT2D eigenvalue weighted by molar-refractivity contribution is 7.15. The summed E-state index contributed by atoms with van der Waals surface area (Å²) in [4.78, 5) is 16.8. The van der Waals surface area contributed by atoms with Crippen LogP contribution in [-0.2, 0) is 6.54 Å². The van der Waals surface area contributed by atoms with Gasteiger partial charge in [0, 0.05) is 12.4 Å². The number of rotatable bonds is 5. The molecule has 0 saturated heterocycles. The first-order valence-corrected chi connectivity index (χ1v) is 9.44. The lowest BCUT2D eigenvalue weighted by molar-refractivity contribution is 0.0694. The summed E-state index contributed by atoms with van der Waals surface area (Å²) in [5.41, 5.74) is 3.52. The Labute approximate surface area is 165 Å². The number of hydrogen-bond donors (Lipinski definition) is 2. The zero-order valence-corrected chi connectivity index (χ0v) is 15.8. The van der Waals surface area contributed by atoms with Crippen LogP contribution in [0.5, 0.6) is 5.75 Å². The van der Waals surface area contributed by atoms with Gasteiger partial charge in [0.05, 0.1) is 17.1 Å². The average Bonchev–Trinajstić information content (AvgIpc) is 3.31. The van der Waals surface area contributed by atoms with Gasteiger partial charge in [-0.3, -0.25) is 4.68 Å². The molecule has 2 aromatic heterocycles. The first-order chi connectivity index (χ1) is 13.5. The Balaban J connectivity index is 1.67. The number of aromatic nitrogens is 3. The van der Waals surface area contributed by atoms with Crippen LogP contribution in [0.3, 0.4) is 0 Å². The first kappa shape index (κ1) is 17.9. The summed E-state index contributed by atoms with van der Waals surface area (Å²) < 4.78 is 1.84. The number of hydrogen-bond acceptors (Lipinski definition) is 5. The Hall–Kier alpha value is -3.45. The maximum atomic E-state index is 11.1. The van der Waals surface area contributed by atoms with Crippen molar-refractivity contribution in [2.24, 2.45) is 0 Å². The van der Waals surface area contributed by atoms with Crippen molar-refractivity contribution in [3.05, 3.63) is 77.2 Å². The number of thiazole rings is 1. The average molecular weight is 391 g/mol. The normalized spacial score (nSPS) is 10.9. The summed E-state index contributed by atoms with van der Waals surface area (Å²) >= 11 is 1.63. The molecule has 2 N–H and O–H groups in total. The Morgan fingerprint density at radius 2 is 1.89 bits per heavy atom. The van der Waals surface area contributed by atoms with Crippen LogP contribution in [-0.4, -0.2) is 30.9 Å². The van der Waals surface area contributed by atoms with E-state index in [1.54, 1.807) is 23.6 Å². The van der Waals surface area contributed by atoms with E-state index in [2.05, 4.69) is 10.1 Å². The molecule has 0 aliphatic carbocycles. The van der Waals surface area contributed by atoms with Gasteiger partial charge in [0.15, 0.2) is 0 Å². The fourth-order valence-electron chi connectivity index (χ4n) is 3.05. The zero-order chi connectivity index (χ0) is 19.7. The minimum absolute atomic E-state index is 0.110. The Bertz CT molecular complexity index is 1150. The number of phenols is 1. The monoisotopic (exact) mass is 391 g/mol. The maximum absolute atomic E-state index is 11.1. The van der Waals surface area contributed by atoms with Crippen molar-refractivity contribution in [3.63, 3.8) is 0 Å². The summed E-state index contributed by atoms with van der Waals surface area (Å²) in [6.45, 7) is 2.61. The van der Waals surface area contributed by atoms with Gasteiger partial charge < -0.3 is 10.2 Å². The van der Waals surface area contributed by atoms with Gasteiger partial charge >= 0.3 is 5.97 Å². The topological polar surface area (TPSA) is 88.2 Å². The molecule has 4 aromatic rings. The fraction of sp³-hybridized carbons (Fsp3) is 0.0952. The molecule has 140 valence electrons. The van der Waals surface area contributed by atoms with Gasteiger partial charge in [-0.05, 0) is 47.9 Å². The van der Waals surface area contributed by atoms with E-state index in [1.165, 1.54) is 12.1 Å². The van der Waals surface area contributed by atoms with Gasteiger partial charge in [0.1, 0.15) is 16.3 Å². The summed E-state index contributed by atoms with van der Waals surface area (Å²) in [6.07, 6.45) is 3.65. The molecule has 0 bridgehead atoms. The van der Waals surface area contributed by atoms with Crippen molar-refractivity contribution in [1.29, 1.82) is 0 Å². The number of carboxylic acids is 1. The predicted octanol–water partition coefficient (Wildman–Crippen LogP) is 4.43. The highest BCUT2D eigenvalue weighted by Crippen LogP contribution is 2.34. The summed E-state index contributed by atoms with van der Waals surface area (Å²) in [6, 6.07) is 14.4. The van der Waals surface area contributed by atoms with Crippen LogP contribution in [0, 0.1) is 6.92 Å². The van der Waals surface area contributed by atoms with Crippen molar-refractivity contribution in [1.82, 2.24) is 14.8 Å². The molecular formula is C21H17N3O3S. The van der Waals surface area contributed by atoms with Crippen LogP contribution in [0.25, 0.3) is 21.6 Å². The lowest BCUT2D eigenvalue weighted by Crippen LogP contribution is -1.98. The lowest BCUT2D eigenvalue weighted by atomic mass is 10.0. The van der Waals surface area contributed by atoms with Crippen LogP contribution in [0.15, 0.2) is 60.9 Å². The molecule has 0 radical (unpaired) electrons. The van der Waals surface area contributed by atoms with E-state index in [0.29, 0.717) is 6.54 Å². The number of carbonyl (C=O) groups is 1. The quantitative estimate of drug-likeness (QED) is 0.525. The molecular weight excluding hydrogens is 374 g/mol. The first-order valence-electron chi connectivity index (χ1n) is 8.62. The fourth-order valence-corrected chi connectivity index (χ4v) is 4.11. The molecule has 0 aliphatic heterocycles. The second kappa shape index (κ2) is 7.28. The molecule has 2 aromatic carbocycles. The minimum Gasteiger partial charge on any atom is -0.507 e. The molecule has 0 spiro atoms. The maximum Gasteiger partial charge on any atom is 0.339 e. The van der Waals surface area contributed by atoms with Gasteiger partial charge in [-0.15, -0.1) is 11.3 Å². The second-order valence-corrected chi connectivity index (χ2v) is 7.43. The van der Waals surface area contributed by atoms with Crippen molar-refractivity contribution in [2.75, 3.05) is 0 Å². The van der Waals surface area contributed by atoms with Gasteiger partial charge in [0.2, 0.25) is 0 Å². The van der Waals surface area contributed by atoms with E-state index in [1.807, 2.05) is 48.1 Å². The Kier molecular flexibility index (Phi) is 4.67.